The van der Waals surface area contributed by atoms with E-state index < -0.39 is 0 Å². The Labute approximate surface area is 108 Å². The molecule has 0 fully saturated rings. The zero-order valence-corrected chi connectivity index (χ0v) is 10.4. The predicted molar refractivity (Wildman–Crippen MR) is 68.8 cm³/mol. The topological polar surface area (TPSA) is 74.5 Å². The molecule has 0 saturated heterocycles. The van der Waals surface area contributed by atoms with Gasteiger partial charge < -0.3 is 14.9 Å². The number of hydrogen-bond acceptors (Lipinski definition) is 4. The zero-order valence-electron chi connectivity index (χ0n) is 10.4. The van der Waals surface area contributed by atoms with E-state index in [2.05, 4.69) is 15.2 Å². The molecule has 19 heavy (non-hydrogen) atoms. The van der Waals surface area contributed by atoms with Gasteiger partial charge in [-0.15, -0.1) is 10.2 Å². The third kappa shape index (κ3) is 2.03. The fourth-order valence-electron chi connectivity index (χ4n) is 2.10. The molecule has 3 rings (SSSR count). The first-order valence-corrected chi connectivity index (χ1v) is 5.89. The van der Waals surface area contributed by atoms with Crippen molar-refractivity contribution in [2.75, 3.05) is 5.73 Å². The minimum atomic E-state index is -0.314. The van der Waals surface area contributed by atoms with Gasteiger partial charge in [0.05, 0.1) is 11.0 Å². The van der Waals surface area contributed by atoms with Crippen LogP contribution in [0, 0.1) is 5.82 Å². The van der Waals surface area contributed by atoms with Crippen LogP contribution in [-0.2, 0) is 20.0 Å². The number of aromatic nitrogens is 5. The minimum absolute atomic E-state index is 0.314. The monoisotopic (exact) mass is 260 g/mol. The Morgan fingerprint density at radius 2 is 2.21 bits per heavy atom. The second-order valence-corrected chi connectivity index (χ2v) is 4.36. The second kappa shape index (κ2) is 4.34. The van der Waals surface area contributed by atoms with E-state index in [4.69, 9.17) is 5.73 Å². The van der Waals surface area contributed by atoms with Crippen molar-refractivity contribution in [1.29, 1.82) is 0 Å². The number of hydrogen-bond donors (Lipinski definition) is 1. The van der Waals surface area contributed by atoms with Gasteiger partial charge in [0.1, 0.15) is 18.0 Å². The lowest BCUT2D eigenvalue weighted by molar-refractivity contribution is 0.629. The summed E-state index contributed by atoms with van der Waals surface area (Å²) in [5.41, 5.74) is 7.25. The molecule has 2 aromatic heterocycles. The van der Waals surface area contributed by atoms with Crippen LogP contribution in [0.4, 0.5) is 10.3 Å². The molecule has 0 bridgehead atoms. The Hall–Kier alpha value is -2.44. The highest BCUT2D eigenvalue weighted by molar-refractivity contribution is 5.78. The average molecular weight is 260 g/mol. The summed E-state index contributed by atoms with van der Waals surface area (Å²) in [5, 5.41) is 7.84. The lowest BCUT2D eigenvalue weighted by Crippen LogP contribution is -2.08. The number of anilines is 1. The summed E-state index contributed by atoms with van der Waals surface area (Å²) >= 11 is 0. The number of benzene rings is 1. The zero-order chi connectivity index (χ0) is 13.4. The molecule has 0 spiro atoms. The Kier molecular flexibility index (Phi) is 2.66. The van der Waals surface area contributed by atoms with Crippen molar-refractivity contribution >= 4 is 17.0 Å². The fraction of sp³-hybridized carbons (Fsp3) is 0.250. The molecule has 0 aliphatic rings. The summed E-state index contributed by atoms with van der Waals surface area (Å²) in [6.07, 6.45) is 2.34. The maximum Gasteiger partial charge on any atom is 0.201 e. The molecule has 0 aliphatic heterocycles. The van der Waals surface area contributed by atoms with Crippen LogP contribution < -0.4 is 5.73 Å². The second-order valence-electron chi connectivity index (χ2n) is 4.36. The number of imidazole rings is 1. The Bertz CT molecular complexity index is 729. The first kappa shape index (κ1) is 11.6. The van der Waals surface area contributed by atoms with Gasteiger partial charge in [0.2, 0.25) is 5.95 Å². The highest BCUT2D eigenvalue weighted by Crippen LogP contribution is 2.19. The van der Waals surface area contributed by atoms with E-state index in [0.29, 0.717) is 24.4 Å². The van der Waals surface area contributed by atoms with Crippen LogP contribution in [-0.4, -0.2) is 24.3 Å². The maximum absolute atomic E-state index is 13.1. The van der Waals surface area contributed by atoms with Gasteiger partial charge in [-0.25, -0.2) is 9.37 Å². The molecule has 0 radical (unpaired) electrons. The first-order chi connectivity index (χ1) is 9.15. The van der Waals surface area contributed by atoms with E-state index in [1.807, 2.05) is 16.2 Å². The predicted octanol–water partition coefficient (Wildman–Crippen LogP) is 1.13. The molecular formula is C12H13FN6. The summed E-state index contributed by atoms with van der Waals surface area (Å²) in [5.74, 6) is 0.927. The smallest absolute Gasteiger partial charge is 0.201 e. The normalized spacial score (nSPS) is 11.3. The van der Waals surface area contributed by atoms with Gasteiger partial charge in [-0.3, -0.25) is 0 Å². The number of nitrogen functional groups attached to an aromatic ring is 1. The van der Waals surface area contributed by atoms with Gasteiger partial charge in [-0.1, -0.05) is 0 Å². The highest BCUT2D eigenvalue weighted by atomic mass is 19.1. The van der Waals surface area contributed by atoms with E-state index >= 15 is 0 Å². The van der Waals surface area contributed by atoms with Gasteiger partial charge in [0.25, 0.3) is 0 Å². The number of fused-ring (bicyclic) bond motifs is 1. The van der Waals surface area contributed by atoms with E-state index in [-0.39, 0.29) is 5.82 Å². The van der Waals surface area contributed by atoms with Crippen LogP contribution in [0.1, 0.15) is 5.82 Å². The molecule has 0 saturated carbocycles. The summed E-state index contributed by atoms with van der Waals surface area (Å²) in [4.78, 5) is 4.15. The van der Waals surface area contributed by atoms with Gasteiger partial charge in [-0.2, -0.15) is 0 Å². The minimum Gasteiger partial charge on any atom is -0.369 e. The third-order valence-electron chi connectivity index (χ3n) is 3.10. The molecule has 98 valence electrons. The standard InChI is InChI=1S/C12H13FN6/c1-18-7-15-17-11(18)4-5-19-10-3-2-8(13)6-9(10)16-12(19)14/h2-3,6-7H,4-5H2,1H3,(H2,14,16). The van der Waals surface area contributed by atoms with Crippen molar-refractivity contribution in [3.8, 4) is 0 Å². The van der Waals surface area contributed by atoms with Crippen molar-refractivity contribution in [2.45, 2.75) is 13.0 Å². The molecular weight excluding hydrogens is 247 g/mol. The van der Waals surface area contributed by atoms with Crippen LogP contribution in [0.15, 0.2) is 24.5 Å². The molecule has 1 aromatic carbocycles. The van der Waals surface area contributed by atoms with Crippen LogP contribution in [0.2, 0.25) is 0 Å². The highest BCUT2D eigenvalue weighted by Gasteiger charge is 2.10. The van der Waals surface area contributed by atoms with E-state index in [9.17, 15) is 4.39 Å². The molecule has 0 amide bonds. The van der Waals surface area contributed by atoms with Gasteiger partial charge >= 0.3 is 0 Å². The number of nitrogens with two attached hydrogens (primary N) is 1. The first-order valence-electron chi connectivity index (χ1n) is 5.89. The van der Waals surface area contributed by atoms with Crippen LogP contribution in [0.5, 0.6) is 0 Å². The van der Waals surface area contributed by atoms with Crippen molar-refractivity contribution in [1.82, 2.24) is 24.3 Å². The van der Waals surface area contributed by atoms with Crippen molar-refractivity contribution in [3.63, 3.8) is 0 Å². The number of halogens is 1. The summed E-state index contributed by atoms with van der Waals surface area (Å²) in [6, 6.07) is 4.47. The van der Waals surface area contributed by atoms with Gasteiger partial charge in [-0.05, 0) is 12.1 Å². The van der Waals surface area contributed by atoms with Crippen LogP contribution in [0.3, 0.4) is 0 Å². The van der Waals surface area contributed by atoms with E-state index in [1.165, 1.54) is 12.1 Å². The fourth-order valence-corrected chi connectivity index (χ4v) is 2.10. The maximum atomic E-state index is 13.1. The molecule has 0 atom stereocenters. The molecule has 3 aromatic rings. The van der Waals surface area contributed by atoms with Gasteiger partial charge in [0, 0.05) is 26.1 Å². The summed E-state index contributed by atoms with van der Waals surface area (Å²) in [6.45, 7) is 0.625. The molecule has 0 aliphatic carbocycles. The Morgan fingerprint density at radius 3 is 2.95 bits per heavy atom. The Morgan fingerprint density at radius 1 is 1.37 bits per heavy atom. The molecule has 6 nitrogen and oxygen atoms in total. The largest absolute Gasteiger partial charge is 0.369 e. The molecule has 7 heteroatoms. The molecule has 2 N–H and O–H groups in total. The van der Waals surface area contributed by atoms with Crippen molar-refractivity contribution in [3.05, 3.63) is 36.2 Å². The van der Waals surface area contributed by atoms with Crippen molar-refractivity contribution < 1.29 is 4.39 Å². The number of nitrogens with zero attached hydrogens (tertiary/aromatic N) is 5. The molecule has 2 heterocycles. The van der Waals surface area contributed by atoms with Crippen molar-refractivity contribution in [2.24, 2.45) is 7.05 Å². The van der Waals surface area contributed by atoms with E-state index in [1.54, 1.807) is 12.4 Å². The quantitative estimate of drug-likeness (QED) is 0.766. The SMILES string of the molecule is Cn1cnnc1CCn1c(N)nc2cc(F)ccc21. The van der Waals surface area contributed by atoms with Crippen LogP contribution >= 0.6 is 0 Å². The summed E-state index contributed by atoms with van der Waals surface area (Å²) < 4.78 is 16.8. The van der Waals surface area contributed by atoms with Gasteiger partial charge in [0.15, 0.2) is 0 Å². The lowest BCUT2D eigenvalue weighted by Gasteiger charge is -2.05. The lowest BCUT2D eigenvalue weighted by atomic mass is 10.3. The summed E-state index contributed by atoms with van der Waals surface area (Å²) in [7, 11) is 1.89. The average Bonchev–Trinajstić information content (AvgIpc) is 2.90. The number of aryl methyl sites for hydroxylation is 3. The molecule has 0 unspecified atom stereocenters. The Balaban J connectivity index is 1.92. The number of rotatable bonds is 3. The van der Waals surface area contributed by atoms with E-state index in [0.717, 1.165) is 11.3 Å². The third-order valence-corrected chi connectivity index (χ3v) is 3.10. The van der Waals surface area contributed by atoms with Crippen LogP contribution in [0.25, 0.3) is 11.0 Å².